The second kappa shape index (κ2) is 11.6. The third kappa shape index (κ3) is 16.2. The zero-order valence-corrected chi connectivity index (χ0v) is 9.96. The first kappa shape index (κ1) is 16.9. The Morgan fingerprint density at radius 1 is 1.27 bits per heavy atom. The Labute approximate surface area is 89.7 Å². The van der Waals surface area contributed by atoms with Gasteiger partial charge in [-0.3, -0.25) is 9.05 Å². The molecule has 0 bridgehead atoms. The smallest absolute Gasteiger partial charge is 0.302 e. The van der Waals surface area contributed by atoms with E-state index in [2.05, 4.69) is 9.05 Å². The van der Waals surface area contributed by atoms with Crippen LogP contribution in [0.15, 0.2) is 0 Å². The molecule has 0 spiro atoms. The van der Waals surface area contributed by atoms with Crippen LogP contribution in [0.4, 0.5) is 0 Å². The van der Waals surface area contributed by atoms with Crippen molar-refractivity contribution in [2.24, 2.45) is 0 Å². The lowest BCUT2D eigenvalue weighted by atomic mass is 10.4. The first-order valence-electron chi connectivity index (χ1n) is 4.69. The Morgan fingerprint density at radius 2 is 1.73 bits per heavy atom. The van der Waals surface area contributed by atoms with E-state index in [0.29, 0.717) is 6.42 Å². The summed E-state index contributed by atoms with van der Waals surface area (Å²) >= 11 is 0. The number of phosphoric ester groups is 1. The molecule has 0 aliphatic rings. The van der Waals surface area contributed by atoms with Crippen LogP contribution in [0.2, 0.25) is 0 Å². The highest BCUT2D eigenvalue weighted by molar-refractivity contribution is 7.47. The summed E-state index contributed by atoms with van der Waals surface area (Å²) in [6.07, 6.45) is 3.18. The highest BCUT2D eigenvalue weighted by Gasteiger charge is 2.19. The van der Waals surface area contributed by atoms with Gasteiger partial charge in [0.2, 0.25) is 6.08 Å². The molecule has 1 atom stereocenters. The van der Waals surface area contributed by atoms with Crippen molar-refractivity contribution in [2.75, 3.05) is 13.2 Å². The quantitative estimate of drug-likeness (QED) is 0.307. The first-order valence-corrected chi connectivity index (χ1v) is 6.19. The molecule has 0 saturated carbocycles. The van der Waals surface area contributed by atoms with Gasteiger partial charge in [0, 0.05) is 0 Å². The maximum atomic E-state index is 11.0. The number of hydrogen-bond donors (Lipinski definition) is 2. The minimum absolute atomic E-state index is 0.264. The van der Waals surface area contributed by atoms with Crippen LogP contribution in [0.25, 0.3) is 0 Å². The first-order chi connectivity index (χ1) is 7.04. The van der Waals surface area contributed by atoms with E-state index in [1.54, 1.807) is 0 Å². The second-order valence-electron chi connectivity index (χ2n) is 2.59. The van der Waals surface area contributed by atoms with Crippen molar-refractivity contribution in [3.8, 4) is 0 Å². The fourth-order valence-corrected chi connectivity index (χ4v) is 1.42. The molecule has 0 heterocycles. The molecule has 6 nitrogen and oxygen atoms in total. The van der Waals surface area contributed by atoms with E-state index >= 15 is 0 Å². The van der Waals surface area contributed by atoms with Gasteiger partial charge in [0.05, 0.1) is 13.2 Å². The summed E-state index contributed by atoms with van der Waals surface area (Å²) in [5.74, 6) is 0. The van der Waals surface area contributed by atoms with Crippen molar-refractivity contribution < 1.29 is 23.3 Å². The number of nitrogens with one attached hydrogen (secondary N) is 1. The van der Waals surface area contributed by atoms with Crippen molar-refractivity contribution in [3.05, 3.63) is 0 Å². The molecule has 1 unspecified atom stereocenters. The molecule has 0 aliphatic heterocycles. The number of rotatable bonds is 7. The van der Waals surface area contributed by atoms with Gasteiger partial charge in [-0.2, -0.15) is 0 Å². The minimum atomic E-state index is -3.74. The zero-order chi connectivity index (χ0) is 12.2. The fourth-order valence-electron chi connectivity index (χ4n) is 0.568. The predicted molar refractivity (Wildman–Crippen MR) is 55.3 cm³/mol. The van der Waals surface area contributed by atoms with Crippen LogP contribution < -0.4 is 0 Å². The van der Waals surface area contributed by atoms with Crippen LogP contribution in [0, 0.1) is 5.41 Å². The van der Waals surface area contributed by atoms with Crippen LogP contribution in [0.1, 0.15) is 33.1 Å². The number of carbonyl (C=O) groups excluding carboxylic acids is 1. The van der Waals surface area contributed by atoms with Crippen molar-refractivity contribution in [3.63, 3.8) is 0 Å². The lowest BCUT2D eigenvalue weighted by Gasteiger charge is -2.10. The van der Waals surface area contributed by atoms with Gasteiger partial charge in [-0.15, -0.1) is 0 Å². The molecule has 7 heteroatoms. The van der Waals surface area contributed by atoms with E-state index in [-0.39, 0.29) is 13.2 Å². The van der Waals surface area contributed by atoms with Gasteiger partial charge in [0.15, 0.2) is 0 Å². The average molecular weight is 239 g/mol. The Hall–Kier alpha value is -0.510. The van der Waals surface area contributed by atoms with E-state index in [9.17, 15) is 4.57 Å². The molecular weight excluding hydrogens is 221 g/mol. The Morgan fingerprint density at radius 3 is 2.13 bits per heavy atom. The van der Waals surface area contributed by atoms with Gasteiger partial charge in [-0.05, 0) is 12.8 Å². The molecule has 15 heavy (non-hydrogen) atoms. The van der Waals surface area contributed by atoms with E-state index in [4.69, 9.17) is 15.1 Å². The largest absolute Gasteiger partial charge is 0.472 e. The van der Waals surface area contributed by atoms with Gasteiger partial charge in [0.25, 0.3) is 0 Å². The van der Waals surface area contributed by atoms with Gasteiger partial charge in [-0.25, -0.2) is 14.8 Å². The zero-order valence-electron chi connectivity index (χ0n) is 9.06. The van der Waals surface area contributed by atoms with Crippen LogP contribution in [0.5, 0.6) is 0 Å². The van der Waals surface area contributed by atoms with Gasteiger partial charge < -0.3 is 4.89 Å². The Bertz CT molecular complexity index is 215. The molecule has 0 amide bonds. The number of unbranched alkanes of at least 4 members (excludes halogenated alkanes) is 1. The normalized spacial score (nSPS) is 13.3. The molecule has 0 aromatic carbocycles. The number of hydrogen-bond acceptors (Lipinski definition) is 5. The van der Waals surface area contributed by atoms with Gasteiger partial charge in [0.1, 0.15) is 0 Å². The van der Waals surface area contributed by atoms with Crippen molar-refractivity contribution >= 4 is 13.9 Å². The summed E-state index contributed by atoms with van der Waals surface area (Å²) < 4.78 is 20.2. The summed E-state index contributed by atoms with van der Waals surface area (Å²) in [6.45, 7) is 4.40. The second-order valence-corrected chi connectivity index (χ2v) is 4.04. The summed E-state index contributed by atoms with van der Waals surface area (Å²) in [4.78, 5) is 17.3. The van der Waals surface area contributed by atoms with E-state index in [1.165, 1.54) is 0 Å². The van der Waals surface area contributed by atoms with Crippen LogP contribution >= 0.6 is 7.82 Å². The molecule has 0 fully saturated rings. The fraction of sp³-hybridized carbons (Fsp3) is 0.875. The lowest BCUT2D eigenvalue weighted by molar-refractivity contribution is 0.148. The Kier molecular flexibility index (Phi) is 13.0. The SMILES string of the molecule is CCCCOP(=O)(O)OCCC.N=C=O. The third-order valence-electron chi connectivity index (χ3n) is 1.21. The van der Waals surface area contributed by atoms with E-state index in [0.717, 1.165) is 18.9 Å². The van der Waals surface area contributed by atoms with E-state index in [1.807, 2.05) is 13.8 Å². The van der Waals surface area contributed by atoms with Gasteiger partial charge >= 0.3 is 7.82 Å². The summed E-state index contributed by atoms with van der Waals surface area (Å²) in [7, 11) is -3.74. The number of phosphoric acid groups is 1. The number of isocyanates is 1. The molecule has 0 radical (unpaired) electrons. The molecule has 90 valence electrons. The maximum Gasteiger partial charge on any atom is 0.472 e. The van der Waals surface area contributed by atoms with Crippen molar-refractivity contribution in [2.45, 2.75) is 33.1 Å². The molecule has 0 aromatic heterocycles. The van der Waals surface area contributed by atoms with Crippen molar-refractivity contribution in [1.82, 2.24) is 0 Å². The van der Waals surface area contributed by atoms with Crippen molar-refractivity contribution in [1.29, 1.82) is 5.41 Å². The Balaban J connectivity index is 0. The predicted octanol–water partition coefficient (Wildman–Crippen LogP) is 2.23. The summed E-state index contributed by atoms with van der Waals surface area (Å²) in [5.41, 5.74) is 0. The minimum Gasteiger partial charge on any atom is -0.302 e. The molecule has 0 saturated heterocycles. The monoisotopic (exact) mass is 239 g/mol. The highest BCUT2D eigenvalue weighted by Crippen LogP contribution is 2.43. The molecule has 0 aromatic rings. The molecular formula is C8H18NO5P. The highest BCUT2D eigenvalue weighted by atomic mass is 31.2. The van der Waals surface area contributed by atoms with E-state index < -0.39 is 7.82 Å². The molecule has 0 rings (SSSR count). The van der Waals surface area contributed by atoms with Crippen LogP contribution in [-0.4, -0.2) is 24.2 Å². The third-order valence-corrected chi connectivity index (χ3v) is 2.23. The summed E-state index contributed by atoms with van der Waals surface area (Å²) in [5, 5.41) is 5.40. The van der Waals surface area contributed by atoms with Crippen LogP contribution in [-0.2, 0) is 18.4 Å². The molecule has 2 N–H and O–H groups in total. The topological polar surface area (TPSA) is 96.7 Å². The maximum absolute atomic E-state index is 11.0. The van der Waals surface area contributed by atoms with Crippen LogP contribution in [0.3, 0.4) is 0 Å². The molecule has 0 aliphatic carbocycles. The lowest BCUT2D eigenvalue weighted by Crippen LogP contribution is -1.97. The van der Waals surface area contributed by atoms with Gasteiger partial charge in [-0.1, -0.05) is 20.3 Å². The standard InChI is InChI=1S/C7H17O4P.CHNO/c1-3-5-7-11-12(8,9)10-6-4-2;2-1-3/h3-7H2,1-2H3,(H,8,9);2H. The average Bonchev–Trinajstić information content (AvgIpc) is 2.16. The summed E-state index contributed by atoms with van der Waals surface area (Å²) in [6, 6.07) is 0.